The first-order valence-electron chi connectivity index (χ1n) is 9.74. The summed E-state index contributed by atoms with van der Waals surface area (Å²) in [5.74, 6) is -1.99. The minimum absolute atomic E-state index is 0.385. The molecule has 31 heavy (non-hydrogen) atoms. The van der Waals surface area contributed by atoms with Gasteiger partial charge in [0.2, 0.25) is 0 Å². The van der Waals surface area contributed by atoms with Crippen molar-refractivity contribution in [1.82, 2.24) is 0 Å². The third-order valence-electron chi connectivity index (χ3n) is 3.85. The number of thioether (sulfide) groups is 1. The van der Waals surface area contributed by atoms with Crippen LogP contribution < -0.4 is 22.9 Å². The summed E-state index contributed by atoms with van der Waals surface area (Å²) >= 11 is 1.60. The van der Waals surface area contributed by atoms with E-state index in [1.165, 1.54) is 0 Å². The van der Waals surface area contributed by atoms with E-state index in [1.54, 1.807) is 11.8 Å². The summed E-state index contributed by atoms with van der Waals surface area (Å²) in [5.41, 5.74) is 21.9. The van der Waals surface area contributed by atoms with Crippen LogP contribution in [0.3, 0.4) is 0 Å². The molecule has 0 radical (unpaired) electrons. The van der Waals surface area contributed by atoms with E-state index in [0.29, 0.717) is 25.8 Å². The molecule has 11 heteroatoms. The number of unbranched alkanes of at least 4 members (excludes halogenated alkanes) is 1. The highest BCUT2D eigenvalue weighted by molar-refractivity contribution is 7.98. The second-order valence-corrected chi connectivity index (χ2v) is 7.58. The van der Waals surface area contributed by atoms with Crippen LogP contribution in [0.4, 0.5) is 0 Å². The van der Waals surface area contributed by atoms with E-state index < -0.39 is 36.0 Å². The molecule has 0 aliphatic carbocycles. The molecule has 10 nitrogen and oxygen atoms in total. The lowest BCUT2D eigenvalue weighted by atomic mass is 10.1. The van der Waals surface area contributed by atoms with Crippen LogP contribution in [0, 0.1) is 0 Å². The third-order valence-corrected chi connectivity index (χ3v) is 4.50. The van der Waals surface area contributed by atoms with Crippen LogP contribution in [-0.4, -0.2) is 69.9 Å². The molecular formula is C20H36N4O6S. The van der Waals surface area contributed by atoms with Gasteiger partial charge in [0.1, 0.15) is 18.1 Å². The van der Waals surface area contributed by atoms with Gasteiger partial charge < -0.3 is 38.3 Å². The van der Waals surface area contributed by atoms with Gasteiger partial charge in [-0.3, -0.25) is 14.4 Å². The van der Waals surface area contributed by atoms with Gasteiger partial charge in [-0.2, -0.15) is 11.8 Å². The quantitative estimate of drug-likeness (QED) is 0.211. The number of aliphatic carboxylic acids is 3. The summed E-state index contributed by atoms with van der Waals surface area (Å²) in [6, 6.07) is 7.14. The Balaban J connectivity index is 0. The lowest BCUT2D eigenvalue weighted by Gasteiger charge is -2.04. The molecule has 11 N–H and O–H groups in total. The van der Waals surface area contributed by atoms with E-state index in [0.717, 1.165) is 24.2 Å². The standard InChI is InChI=1S/C9H11NO2.C6H14N2O2.C5H11NO2S/c10-8(9(11)12)6-7-4-2-1-3-5-7;7-4-2-1-3-5(8)6(9)10;1-9-3-2-4(6)5(7)8/h1-5,8H,6,10H2,(H,11,12);5H,1-4,7-8H2,(H,9,10);4H,2-3,6H2,1H3,(H,7,8). The van der Waals surface area contributed by atoms with Gasteiger partial charge in [0.05, 0.1) is 0 Å². The van der Waals surface area contributed by atoms with Gasteiger partial charge >= 0.3 is 17.9 Å². The average Bonchev–Trinajstić information content (AvgIpc) is 2.73. The fraction of sp³-hybridized carbons (Fsp3) is 0.550. The van der Waals surface area contributed by atoms with Crippen LogP contribution in [0.5, 0.6) is 0 Å². The largest absolute Gasteiger partial charge is 0.480 e. The van der Waals surface area contributed by atoms with Crippen molar-refractivity contribution in [2.24, 2.45) is 22.9 Å². The Morgan fingerprint density at radius 3 is 1.74 bits per heavy atom. The fourth-order valence-corrected chi connectivity index (χ4v) is 2.45. The molecule has 0 aliphatic heterocycles. The topological polar surface area (TPSA) is 216 Å². The summed E-state index contributed by atoms with van der Waals surface area (Å²) in [5, 5.41) is 25.1. The summed E-state index contributed by atoms with van der Waals surface area (Å²) in [6.07, 6.45) is 5.03. The molecule has 3 atom stereocenters. The van der Waals surface area contributed by atoms with Crippen molar-refractivity contribution in [2.45, 2.75) is 50.2 Å². The first kappa shape index (κ1) is 31.0. The maximum absolute atomic E-state index is 10.4. The Labute approximate surface area is 187 Å². The van der Waals surface area contributed by atoms with E-state index in [-0.39, 0.29) is 0 Å². The van der Waals surface area contributed by atoms with Crippen molar-refractivity contribution in [1.29, 1.82) is 0 Å². The molecule has 0 saturated carbocycles. The molecule has 1 aromatic carbocycles. The SMILES string of the molecule is CSCCC(N)C(=O)O.NC(Cc1ccccc1)C(=O)O.NCCCCC(N)C(=O)O. The Bertz CT molecular complexity index is 621. The Morgan fingerprint density at radius 2 is 1.32 bits per heavy atom. The maximum atomic E-state index is 10.4. The molecule has 0 aromatic heterocycles. The zero-order chi connectivity index (χ0) is 24.2. The summed E-state index contributed by atoms with van der Waals surface area (Å²) in [6.45, 7) is 0.604. The van der Waals surface area contributed by atoms with Gasteiger partial charge in [-0.1, -0.05) is 36.8 Å². The number of rotatable bonds is 12. The van der Waals surface area contributed by atoms with E-state index in [2.05, 4.69) is 0 Å². The zero-order valence-corrected chi connectivity index (χ0v) is 18.7. The lowest BCUT2D eigenvalue weighted by molar-refractivity contribution is -0.139. The minimum atomic E-state index is -0.959. The average molecular weight is 461 g/mol. The monoisotopic (exact) mass is 460 g/mol. The molecule has 0 fully saturated rings. The minimum Gasteiger partial charge on any atom is -0.480 e. The van der Waals surface area contributed by atoms with Crippen LogP contribution in [0.1, 0.15) is 31.2 Å². The Morgan fingerprint density at radius 1 is 0.839 bits per heavy atom. The molecule has 0 bridgehead atoms. The second-order valence-electron chi connectivity index (χ2n) is 6.59. The van der Waals surface area contributed by atoms with Crippen LogP contribution in [0.15, 0.2) is 30.3 Å². The highest BCUT2D eigenvalue weighted by Crippen LogP contribution is 2.01. The Kier molecular flexibility index (Phi) is 19.8. The van der Waals surface area contributed by atoms with Crippen molar-refractivity contribution in [3.8, 4) is 0 Å². The van der Waals surface area contributed by atoms with Gasteiger partial charge in [0.15, 0.2) is 0 Å². The molecule has 0 heterocycles. The fourth-order valence-electron chi connectivity index (χ4n) is 1.96. The number of carboxylic acid groups (broad SMARTS) is 3. The summed E-state index contributed by atoms with van der Waals surface area (Å²) in [7, 11) is 0. The van der Waals surface area contributed by atoms with Crippen LogP contribution in [0.25, 0.3) is 0 Å². The molecule has 0 saturated heterocycles. The molecule has 1 aromatic rings. The van der Waals surface area contributed by atoms with Crippen molar-refractivity contribution in [3.63, 3.8) is 0 Å². The number of benzene rings is 1. The van der Waals surface area contributed by atoms with E-state index in [1.807, 2.05) is 36.6 Å². The van der Waals surface area contributed by atoms with Gasteiger partial charge in [-0.05, 0) is 49.8 Å². The number of hydrogen-bond acceptors (Lipinski definition) is 8. The normalized spacial score (nSPS) is 12.8. The molecule has 3 unspecified atom stereocenters. The third kappa shape index (κ3) is 19.5. The van der Waals surface area contributed by atoms with Crippen LogP contribution in [0.2, 0.25) is 0 Å². The predicted octanol–water partition coefficient (Wildman–Crippen LogP) is 0.320. The summed E-state index contributed by atoms with van der Waals surface area (Å²) < 4.78 is 0. The van der Waals surface area contributed by atoms with E-state index in [4.69, 9.17) is 38.3 Å². The maximum Gasteiger partial charge on any atom is 0.320 e. The van der Waals surface area contributed by atoms with Crippen LogP contribution in [-0.2, 0) is 20.8 Å². The van der Waals surface area contributed by atoms with Gasteiger partial charge in [0.25, 0.3) is 0 Å². The molecule has 178 valence electrons. The number of hydrogen-bond donors (Lipinski definition) is 7. The Hall–Kier alpha value is -2.18. The highest BCUT2D eigenvalue weighted by Gasteiger charge is 2.11. The van der Waals surface area contributed by atoms with E-state index >= 15 is 0 Å². The van der Waals surface area contributed by atoms with Crippen molar-refractivity contribution >= 4 is 29.7 Å². The molecular weight excluding hydrogens is 424 g/mol. The second kappa shape index (κ2) is 19.8. The predicted molar refractivity (Wildman–Crippen MR) is 123 cm³/mol. The summed E-state index contributed by atoms with van der Waals surface area (Å²) in [4.78, 5) is 30.6. The number of carbonyl (C=O) groups is 3. The first-order chi connectivity index (χ1) is 14.6. The van der Waals surface area contributed by atoms with E-state index in [9.17, 15) is 14.4 Å². The van der Waals surface area contributed by atoms with Crippen molar-refractivity contribution in [2.75, 3.05) is 18.6 Å². The molecule has 0 spiro atoms. The van der Waals surface area contributed by atoms with Crippen LogP contribution >= 0.6 is 11.8 Å². The van der Waals surface area contributed by atoms with Gasteiger partial charge in [-0.15, -0.1) is 0 Å². The molecule has 0 amide bonds. The van der Waals surface area contributed by atoms with Crippen molar-refractivity contribution in [3.05, 3.63) is 35.9 Å². The van der Waals surface area contributed by atoms with Crippen molar-refractivity contribution < 1.29 is 29.7 Å². The lowest BCUT2D eigenvalue weighted by Crippen LogP contribution is -2.32. The zero-order valence-electron chi connectivity index (χ0n) is 17.9. The first-order valence-corrected chi connectivity index (χ1v) is 11.1. The number of nitrogens with two attached hydrogens (primary N) is 4. The molecule has 1 rings (SSSR count). The smallest absolute Gasteiger partial charge is 0.320 e. The highest BCUT2D eigenvalue weighted by atomic mass is 32.2. The van der Waals surface area contributed by atoms with Gasteiger partial charge in [-0.25, -0.2) is 0 Å². The van der Waals surface area contributed by atoms with Gasteiger partial charge in [0, 0.05) is 0 Å². The molecule has 0 aliphatic rings. The number of carboxylic acids is 3.